The number of benzene rings is 2. The normalized spacial score (nSPS) is 10.8. The van der Waals surface area contributed by atoms with Gasteiger partial charge in [-0.25, -0.2) is 0 Å². The van der Waals surface area contributed by atoms with Gasteiger partial charge in [0, 0.05) is 10.4 Å². The fourth-order valence-electron chi connectivity index (χ4n) is 2.02. The van der Waals surface area contributed by atoms with Crippen LogP contribution in [0.15, 0.2) is 40.9 Å². The molecule has 0 bridgehead atoms. The first-order valence-corrected chi connectivity index (χ1v) is 8.00. The Hall–Kier alpha value is -0.730. The topological polar surface area (TPSA) is 9.23 Å². The van der Waals surface area contributed by atoms with Crippen molar-refractivity contribution in [3.8, 4) is 5.75 Å². The summed E-state index contributed by atoms with van der Waals surface area (Å²) in [5, 5.41) is 2.44. The Labute approximate surface area is 128 Å². The lowest BCUT2D eigenvalue weighted by molar-refractivity contribution is 0.305. The molecule has 0 spiro atoms. The van der Waals surface area contributed by atoms with E-state index in [0.29, 0.717) is 0 Å². The summed E-state index contributed by atoms with van der Waals surface area (Å²) in [4.78, 5) is 0. The molecular weight excluding hydrogens is 324 g/mol. The summed E-state index contributed by atoms with van der Waals surface area (Å²) >= 11 is 9.12. The number of alkyl halides is 1. The van der Waals surface area contributed by atoms with Crippen LogP contribution in [-0.2, 0) is 0 Å². The van der Waals surface area contributed by atoms with Crippen LogP contribution in [0.3, 0.4) is 0 Å². The van der Waals surface area contributed by atoms with Crippen LogP contribution in [0.2, 0.25) is 0 Å². The van der Waals surface area contributed by atoms with Crippen molar-refractivity contribution in [3.05, 3.63) is 40.9 Å². The van der Waals surface area contributed by atoms with E-state index in [1.807, 2.05) is 6.07 Å². The molecule has 0 unspecified atom stereocenters. The maximum Gasteiger partial charge on any atom is 0.119 e. The molecule has 19 heavy (non-hydrogen) atoms. The predicted molar refractivity (Wildman–Crippen MR) is 86.3 cm³/mol. The zero-order chi connectivity index (χ0) is 13.5. The summed E-state index contributed by atoms with van der Waals surface area (Å²) in [6, 6.07) is 12.5. The summed E-state index contributed by atoms with van der Waals surface area (Å²) in [6.07, 6.45) is 4.58. The van der Waals surface area contributed by atoms with Crippen LogP contribution in [0.1, 0.15) is 25.7 Å². The number of fused-ring (bicyclic) bond motifs is 1. The Kier molecular flexibility index (Phi) is 5.99. The summed E-state index contributed by atoms with van der Waals surface area (Å²) < 4.78 is 6.88. The second-order valence-electron chi connectivity index (χ2n) is 4.60. The fraction of sp³-hybridized carbons (Fsp3) is 0.375. The molecule has 1 nitrogen and oxygen atoms in total. The van der Waals surface area contributed by atoms with E-state index >= 15 is 0 Å². The molecule has 0 heterocycles. The zero-order valence-corrected chi connectivity index (χ0v) is 13.2. The predicted octanol–water partition coefficient (Wildman–Crippen LogP) is 5.78. The number of hydrogen-bond donors (Lipinski definition) is 0. The van der Waals surface area contributed by atoms with Gasteiger partial charge in [0.15, 0.2) is 0 Å². The Morgan fingerprint density at radius 3 is 2.47 bits per heavy atom. The maximum absolute atomic E-state index is 5.78. The summed E-state index contributed by atoms with van der Waals surface area (Å²) in [6.45, 7) is 0.782. The van der Waals surface area contributed by atoms with E-state index in [4.69, 9.17) is 16.3 Å². The van der Waals surface area contributed by atoms with Crippen LogP contribution in [0, 0.1) is 0 Å². The van der Waals surface area contributed by atoms with E-state index < -0.39 is 0 Å². The molecule has 0 aliphatic rings. The van der Waals surface area contributed by atoms with Gasteiger partial charge in [-0.1, -0.05) is 40.9 Å². The maximum atomic E-state index is 5.78. The molecule has 3 heteroatoms. The minimum atomic E-state index is 0.765. The first kappa shape index (κ1) is 14.7. The molecule has 0 aromatic heterocycles. The standard InChI is InChI=1S/C16H18BrClO/c17-15-7-5-14-12-16(8-6-13(14)11-15)19-10-4-2-1-3-9-18/h5-8,11-12H,1-4,9-10H2. The van der Waals surface area contributed by atoms with Crippen LogP contribution >= 0.6 is 27.5 Å². The molecule has 0 aliphatic heterocycles. The van der Waals surface area contributed by atoms with Gasteiger partial charge in [0.1, 0.15) is 5.75 Å². The van der Waals surface area contributed by atoms with E-state index in [2.05, 4.69) is 46.3 Å². The number of halogens is 2. The molecule has 2 aromatic rings. The Morgan fingerprint density at radius 2 is 1.63 bits per heavy atom. The summed E-state index contributed by atoms with van der Waals surface area (Å²) in [7, 11) is 0. The van der Waals surface area contributed by atoms with Gasteiger partial charge in [0.05, 0.1) is 6.61 Å². The van der Waals surface area contributed by atoms with Crippen molar-refractivity contribution in [2.75, 3.05) is 12.5 Å². The largest absolute Gasteiger partial charge is 0.494 e. The Balaban J connectivity index is 1.86. The van der Waals surface area contributed by atoms with E-state index in [0.717, 1.165) is 35.6 Å². The number of rotatable bonds is 7. The average Bonchev–Trinajstić information content (AvgIpc) is 2.43. The van der Waals surface area contributed by atoms with Crippen molar-refractivity contribution in [2.45, 2.75) is 25.7 Å². The smallest absolute Gasteiger partial charge is 0.119 e. The molecular formula is C16H18BrClO. The minimum absolute atomic E-state index is 0.765. The third kappa shape index (κ3) is 4.70. The Morgan fingerprint density at radius 1 is 0.895 bits per heavy atom. The highest BCUT2D eigenvalue weighted by Gasteiger charge is 1.98. The number of ether oxygens (including phenoxy) is 1. The highest BCUT2D eigenvalue weighted by molar-refractivity contribution is 9.10. The summed E-state index contributed by atoms with van der Waals surface area (Å²) in [5.74, 6) is 1.72. The third-order valence-corrected chi connectivity index (χ3v) is 3.83. The second kappa shape index (κ2) is 7.76. The van der Waals surface area contributed by atoms with Gasteiger partial charge in [-0.15, -0.1) is 11.6 Å². The Bertz CT molecular complexity index is 527. The van der Waals surface area contributed by atoms with Gasteiger partial charge in [-0.05, 0) is 47.9 Å². The van der Waals surface area contributed by atoms with Gasteiger partial charge in [0.2, 0.25) is 0 Å². The zero-order valence-electron chi connectivity index (χ0n) is 10.9. The van der Waals surface area contributed by atoms with Crippen molar-refractivity contribution in [2.24, 2.45) is 0 Å². The lowest BCUT2D eigenvalue weighted by Crippen LogP contribution is -1.97. The minimum Gasteiger partial charge on any atom is -0.494 e. The van der Waals surface area contributed by atoms with Crippen LogP contribution in [0.25, 0.3) is 10.8 Å². The third-order valence-electron chi connectivity index (χ3n) is 3.07. The van der Waals surface area contributed by atoms with Crippen molar-refractivity contribution in [1.29, 1.82) is 0 Å². The summed E-state index contributed by atoms with van der Waals surface area (Å²) in [5.41, 5.74) is 0. The van der Waals surface area contributed by atoms with E-state index in [-0.39, 0.29) is 0 Å². The molecule has 2 aromatic carbocycles. The molecule has 0 radical (unpaired) electrons. The molecule has 0 amide bonds. The molecule has 0 saturated carbocycles. The van der Waals surface area contributed by atoms with E-state index in [9.17, 15) is 0 Å². The van der Waals surface area contributed by atoms with E-state index in [1.165, 1.54) is 23.6 Å². The average molecular weight is 342 g/mol. The molecule has 0 atom stereocenters. The van der Waals surface area contributed by atoms with Crippen LogP contribution in [0.4, 0.5) is 0 Å². The highest BCUT2D eigenvalue weighted by atomic mass is 79.9. The van der Waals surface area contributed by atoms with Crippen LogP contribution < -0.4 is 4.74 Å². The molecule has 0 aliphatic carbocycles. The van der Waals surface area contributed by atoms with Gasteiger partial charge < -0.3 is 4.74 Å². The van der Waals surface area contributed by atoms with Crippen LogP contribution in [-0.4, -0.2) is 12.5 Å². The fourth-order valence-corrected chi connectivity index (χ4v) is 2.59. The molecule has 2 rings (SSSR count). The highest BCUT2D eigenvalue weighted by Crippen LogP contribution is 2.24. The number of unbranched alkanes of at least 4 members (excludes halogenated alkanes) is 3. The van der Waals surface area contributed by atoms with Crippen molar-refractivity contribution >= 4 is 38.3 Å². The van der Waals surface area contributed by atoms with Crippen LogP contribution in [0.5, 0.6) is 5.75 Å². The monoisotopic (exact) mass is 340 g/mol. The number of hydrogen-bond acceptors (Lipinski definition) is 1. The second-order valence-corrected chi connectivity index (χ2v) is 5.90. The lowest BCUT2D eigenvalue weighted by atomic mass is 10.1. The molecule has 0 saturated heterocycles. The van der Waals surface area contributed by atoms with Gasteiger partial charge in [-0.3, -0.25) is 0 Å². The first-order valence-electron chi connectivity index (χ1n) is 6.68. The SMILES string of the molecule is ClCCCCCCOc1ccc2cc(Br)ccc2c1. The van der Waals surface area contributed by atoms with Crippen molar-refractivity contribution in [3.63, 3.8) is 0 Å². The van der Waals surface area contributed by atoms with E-state index in [1.54, 1.807) is 0 Å². The molecule has 102 valence electrons. The van der Waals surface area contributed by atoms with Crippen molar-refractivity contribution in [1.82, 2.24) is 0 Å². The molecule has 0 fully saturated rings. The molecule has 0 N–H and O–H groups in total. The van der Waals surface area contributed by atoms with Gasteiger partial charge >= 0.3 is 0 Å². The lowest BCUT2D eigenvalue weighted by Gasteiger charge is -2.07. The van der Waals surface area contributed by atoms with Crippen molar-refractivity contribution < 1.29 is 4.74 Å². The van der Waals surface area contributed by atoms with Gasteiger partial charge in [0.25, 0.3) is 0 Å². The van der Waals surface area contributed by atoms with Gasteiger partial charge in [-0.2, -0.15) is 0 Å². The quantitative estimate of drug-likeness (QED) is 0.458. The first-order chi connectivity index (χ1) is 9.29.